The van der Waals surface area contributed by atoms with Gasteiger partial charge in [-0.05, 0) is 18.2 Å². The van der Waals surface area contributed by atoms with Crippen molar-refractivity contribution < 1.29 is 13.9 Å². The first-order valence-electron chi connectivity index (χ1n) is 6.19. The van der Waals surface area contributed by atoms with Crippen molar-refractivity contribution in [1.29, 1.82) is 0 Å². The van der Waals surface area contributed by atoms with Gasteiger partial charge in [0, 0.05) is 12.4 Å². The number of hydrogen-bond acceptors (Lipinski definition) is 5. The highest BCUT2D eigenvalue weighted by Gasteiger charge is 2.21. The molecule has 0 bridgehead atoms. The van der Waals surface area contributed by atoms with Crippen LogP contribution < -0.4 is 10.5 Å². The minimum absolute atomic E-state index is 0.0323. The number of hydrogen-bond donors (Lipinski definition) is 2. The molecular weight excluding hydrogens is 272 g/mol. The lowest BCUT2D eigenvalue weighted by Gasteiger charge is -2.06. The molecule has 0 spiro atoms. The molecule has 1 amide bonds. The van der Waals surface area contributed by atoms with E-state index in [1.807, 2.05) is 6.07 Å². The average molecular weight is 284 g/mol. The number of ether oxygens (including phenoxy) is 1. The first kappa shape index (κ1) is 12.9. The molecule has 0 aliphatic rings. The predicted molar refractivity (Wildman–Crippen MR) is 73.4 cm³/mol. The first-order chi connectivity index (χ1) is 10.3. The maximum absolute atomic E-state index is 11.4. The van der Waals surface area contributed by atoms with Gasteiger partial charge in [-0.25, -0.2) is 0 Å². The topological polar surface area (TPSA) is 107 Å². The smallest absolute Gasteiger partial charge is 0.288 e. The van der Waals surface area contributed by atoms with Gasteiger partial charge in [-0.1, -0.05) is 6.07 Å². The Morgan fingerprint density at radius 2 is 2.24 bits per heavy atom. The van der Waals surface area contributed by atoms with Crippen molar-refractivity contribution in [3.8, 4) is 17.0 Å². The van der Waals surface area contributed by atoms with Crippen molar-refractivity contribution in [3.63, 3.8) is 0 Å². The number of aromatic amines is 1. The number of H-pyrrole nitrogens is 1. The van der Waals surface area contributed by atoms with E-state index in [0.29, 0.717) is 11.3 Å². The van der Waals surface area contributed by atoms with E-state index in [-0.39, 0.29) is 18.1 Å². The number of primary amides is 1. The molecule has 0 atom stereocenters. The predicted octanol–water partition coefficient (Wildman–Crippen LogP) is 1.74. The van der Waals surface area contributed by atoms with Crippen LogP contribution in [0.15, 0.2) is 47.3 Å². The van der Waals surface area contributed by atoms with E-state index in [4.69, 9.17) is 14.9 Å². The lowest BCUT2D eigenvalue weighted by Crippen LogP contribution is -2.11. The minimum atomic E-state index is -0.697. The van der Waals surface area contributed by atoms with Crippen LogP contribution in [0.3, 0.4) is 0 Å². The maximum atomic E-state index is 11.4. The highest BCUT2D eigenvalue weighted by molar-refractivity contribution is 5.95. The van der Waals surface area contributed by atoms with Crippen LogP contribution in [0.2, 0.25) is 0 Å². The van der Waals surface area contributed by atoms with E-state index in [0.717, 1.165) is 5.69 Å². The third-order valence-corrected chi connectivity index (χ3v) is 2.84. The molecular formula is C14H12N4O3. The Morgan fingerprint density at radius 3 is 2.90 bits per heavy atom. The number of nitrogens with zero attached hydrogens (tertiary/aromatic N) is 2. The molecule has 0 saturated carbocycles. The van der Waals surface area contributed by atoms with Gasteiger partial charge < -0.3 is 14.9 Å². The van der Waals surface area contributed by atoms with E-state index in [1.165, 1.54) is 6.26 Å². The van der Waals surface area contributed by atoms with Gasteiger partial charge in [-0.3, -0.25) is 14.9 Å². The molecule has 3 aromatic rings. The van der Waals surface area contributed by atoms with Crippen molar-refractivity contribution in [2.75, 3.05) is 0 Å². The Morgan fingerprint density at radius 1 is 1.33 bits per heavy atom. The van der Waals surface area contributed by atoms with Crippen LogP contribution in [0.4, 0.5) is 0 Å². The Bertz CT molecular complexity index is 735. The molecule has 0 aliphatic heterocycles. The lowest BCUT2D eigenvalue weighted by molar-refractivity contribution is 0.0967. The Labute approximate surface area is 119 Å². The van der Waals surface area contributed by atoms with Crippen molar-refractivity contribution in [2.24, 2.45) is 5.73 Å². The molecule has 7 nitrogen and oxygen atoms in total. The van der Waals surface area contributed by atoms with Gasteiger partial charge in [0.2, 0.25) is 5.76 Å². The van der Waals surface area contributed by atoms with E-state index in [9.17, 15) is 4.79 Å². The van der Waals surface area contributed by atoms with Crippen molar-refractivity contribution >= 4 is 5.91 Å². The standard InChI is InChI=1S/C14H12N4O3/c15-14(19)13-12(20-7-9-4-6-17-18-9)10(8-21-13)11-3-1-2-5-16-11/h1-6,8H,7H2,(H2,15,19)(H,17,18). The molecule has 0 aromatic carbocycles. The van der Waals surface area contributed by atoms with Gasteiger partial charge in [0.1, 0.15) is 12.9 Å². The molecule has 3 N–H and O–H groups in total. The largest absolute Gasteiger partial charge is 0.482 e. The zero-order valence-corrected chi connectivity index (χ0v) is 10.9. The summed E-state index contributed by atoms with van der Waals surface area (Å²) in [6.07, 6.45) is 4.67. The fourth-order valence-corrected chi connectivity index (χ4v) is 1.87. The van der Waals surface area contributed by atoms with E-state index in [2.05, 4.69) is 15.2 Å². The second-order valence-corrected chi connectivity index (χ2v) is 4.26. The molecule has 3 heterocycles. The zero-order valence-electron chi connectivity index (χ0n) is 10.9. The average Bonchev–Trinajstić information content (AvgIpc) is 3.15. The van der Waals surface area contributed by atoms with Gasteiger partial charge in [0.15, 0.2) is 5.75 Å². The molecule has 0 aliphatic carbocycles. The number of carbonyl (C=O) groups is 1. The maximum Gasteiger partial charge on any atom is 0.288 e. The van der Waals surface area contributed by atoms with E-state index < -0.39 is 5.91 Å². The van der Waals surface area contributed by atoms with E-state index in [1.54, 1.807) is 30.6 Å². The third kappa shape index (κ3) is 2.62. The van der Waals surface area contributed by atoms with Crippen LogP contribution in [0, 0.1) is 0 Å². The Hall–Kier alpha value is -3.09. The number of carbonyl (C=O) groups excluding carboxylic acids is 1. The molecule has 0 fully saturated rings. The van der Waals surface area contributed by atoms with Crippen LogP contribution >= 0.6 is 0 Å². The van der Waals surface area contributed by atoms with Crippen LogP contribution in [0.5, 0.6) is 5.75 Å². The fraction of sp³-hybridized carbons (Fsp3) is 0.0714. The van der Waals surface area contributed by atoms with Gasteiger partial charge in [0.05, 0.1) is 17.0 Å². The molecule has 0 saturated heterocycles. The van der Waals surface area contributed by atoms with Gasteiger partial charge >= 0.3 is 0 Å². The number of amides is 1. The van der Waals surface area contributed by atoms with Gasteiger partial charge in [0.25, 0.3) is 5.91 Å². The molecule has 7 heteroatoms. The quantitative estimate of drug-likeness (QED) is 0.742. The number of aromatic nitrogens is 3. The number of furan rings is 1. The molecule has 0 radical (unpaired) electrons. The minimum Gasteiger partial charge on any atom is -0.482 e. The summed E-state index contributed by atoms with van der Waals surface area (Å²) in [5.74, 6) is -0.456. The number of pyridine rings is 1. The molecule has 21 heavy (non-hydrogen) atoms. The van der Waals surface area contributed by atoms with Crippen LogP contribution in [-0.4, -0.2) is 21.1 Å². The summed E-state index contributed by atoms with van der Waals surface area (Å²) in [5, 5.41) is 6.60. The molecule has 3 aromatic heterocycles. The third-order valence-electron chi connectivity index (χ3n) is 2.84. The lowest BCUT2D eigenvalue weighted by atomic mass is 10.2. The number of rotatable bonds is 5. The van der Waals surface area contributed by atoms with Crippen LogP contribution in [0.25, 0.3) is 11.3 Å². The normalized spacial score (nSPS) is 10.5. The molecule has 0 unspecified atom stereocenters. The summed E-state index contributed by atoms with van der Waals surface area (Å²) in [5.41, 5.74) is 7.27. The summed E-state index contributed by atoms with van der Waals surface area (Å²) in [6.45, 7) is 0.208. The first-order valence-corrected chi connectivity index (χ1v) is 6.19. The molecule has 3 rings (SSSR count). The summed E-state index contributed by atoms with van der Waals surface area (Å²) >= 11 is 0. The fourth-order valence-electron chi connectivity index (χ4n) is 1.87. The van der Waals surface area contributed by atoms with Crippen molar-refractivity contribution in [2.45, 2.75) is 6.61 Å². The van der Waals surface area contributed by atoms with E-state index >= 15 is 0 Å². The number of nitrogens with one attached hydrogen (secondary N) is 1. The van der Waals surface area contributed by atoms with Crippen molar-refractivity contribution in [3.05, 3.63) is 54.4 Å². The van der Waals surface area contributed by atoms with Gasteiger partial charge in [-0.2, -0.15) is 5.10 Å². The van der Waals surface area contributed by atoms with Crippen LogP contribution in [0.1, 0.15) is 16.2 Å². The zero-order chi connectivity index (χ0) is 14.7. The van der Waals surface area contributed by atoms with Gasteiger partial charge in [-0.15, -0.1) is 0 Å². The SMILES string of the molecule is NC(=O)c1occ(-c2ccccn2)c1OCc1ccn[nH]1. The summed E-state index contributed by atoms with van der Waals surface area (Å²) in [4.78, 5) is 15.7. The molecule has 106 valence electrons. The summed E-state index contributed by atoms with van der Waals surface area (Å²) < 4.78 is 10.9. The summed E-state index contributed by atoms with van der Waals surface area (Å²) in [6, 6.07) is 7.19. The Kier molecular flexibility index (Phi) is 3.38. The highest BCUT2D eigenvalue weighted by atomic mass is 16.5. The van der Waals surface area contributed by atoms with Crippen LogP contribution in [-0.2, 0) is 6.61 Å². The monoisotopic (exact) mass is 284 g/mol. The summed E-state index contributed by atoms with van der Waals surface area (Å²) in [7, 11) is 0. The highest BCUT2D eigenvalue weighted by Crippen LogP contribution is 2.34. The second-order valence-electron chi connectivity index (χ2n) is 4.26. The van der Waals surface area contributed by atoms with Crippen molar-refractivity contribution in [1.82, 2.24) is 15.2 Å². The Balaban J connectivity index is 1.95. The second kappa shape index (κ2) is 5.49. The number of nitrogens with two attached hydrogens (primary N) is 1.